The van der Waals surface area contributed by atoms with Gasteiger partial charge in [-0.1, -0.05) is 6.07 Å². The molecule has 0 unspecified atom stereocenters. The highest BCUT2D eigenvalue weighted by atomic mass is 32.1. The lowest BCUT2D eigenvalue weighted by Crippen LogP contribution is -1.81. The third kappa shape index (κ3) is 1.97. The number of aliphatic hydroxyl groups is 1. The first kappa shape index (κ1) is 7.51. The van der Waals surface area contributed by atoms with Crippen molar-refractivity contribution in [1.29, 1.82) is 0 Å². The summed E-state index contributed by atoms with van der Waals surface area (Å²) in [4.78, 5) is 1.20. The Labute approximate surface area is 64.6 Å². The standard InChI is InChI=1S/C8H10OS/c1-7(6-9)5-8-3-2-4-10-8/h2-5,9H,6H2,1H3/b7-5+. The highest BCUT2D eigenvalue weighted by Gasteiger charge is 1.88. The SMILES string of the molecule is C/C(=C\c1cccs1)CO. The van der Waals surface area contributed by atoms with Gasteiger partial charge in [-0.05, 0) is 30.0 Å². The second-order valence-corrected chi connectivity index (χ2v) is 3.14. The van der Waals surface area contributed by atoms with E-state index in [2.05, 4.69) is 0 Å². The Kier molecular flexibility index (Phi) is 2.66. The van der Waals surface area contributed by atoms with Gasteiger partial charge >= 0.3 is 0 Å². The molecule has 1 heterocycles. The lowest BCUT2D eigenvalue weighted by atomic mass is 10.3. The lowest BCUT2D eigenvalue weighted by molar-refractivity contribution is 0.332. The number of hydrogen-bond donors (Lipinski definition) is 1. The molecule has 1 N–H and O–H groups in total. The summed E-state index contributed by atoms with van der Waals surface area (Å²) in [5, 5.41) is 10.7. The Hall–Kier alpha value is -0.600. The fraction of sp³-hybridized carbons (Fsp3) is 0.250. The Morgan fingerprint density at radius 2 is 2.60 bits per heavy atom. The smallest absolute Gasteiger partial charge is 0.0642 e. The van der Waals surface area contributed by atoms with Crippen LogP contribution >= 0.6 is 11.3 Å². The summed E-state index contributed by atoms with van der Waals surface area (Å²) >= 11 is 1.68. The van der Waals surface area contributed by atoms with Crippen LogP contribution in [0.25, 0.3) is 6.08 Å². The summed E-state index contributed by atoms with van der Waals surface area (Å²) in [5.41, 5.74) is 1.00. The predicted molar refractivity (Wildman–Crippen MR) is 45.1 cm³/mol. The van der Waals surface area contributed by atoms with Crippen LogP contribution in [0.3, 0.4) is 0 Å². The van der Waals surface area contributed by atoms with E-state index in [9.17, 15) is 0 Å². The quantitative estimate of drug-likeness (QED) is 0.692. The zero-order chi connectivity index (χ0) is 7.40. The second kappa shape index (κ2) is 3.54. The van der Waals surface area contributed by atoms with Gasteiger partial charge in [-0.25, -0.2) is 0 Å². The minimum absolute atomic E-state index is 0.151. The van der Waals surface area contributed by atoms with Crippen LogP contribution in [0.2, 0.25) is 0 Å². The van der Waals surface area contributed by atoms with Gasteiger partial charge in [0.05, 0.1) is 6.61 Å². The van der Waals surface area contributed by atoms with E-state index >= 15 is 0 Å². The van der Waals surface area contributed by atoms with Crippen LogP contribution in [-0.4, -0.2) is 11.7 Å². The molecule has 2 heteroatoms. The summed E-state index contributed by atoms with van der Waals surface area (Å²) in [6.07, 6.45) is 1.99. The van der Waals surface area contributed by atoms with Crippen LogP contribution in [0.4, 0.5) is 0 Å². The summed E-state index contributed by atoms with van der Waals surface area (Å²) in [6, 6.07) is 4.03. The van der Waals surface area contributed by atoms with Crippen molar-refractivity contribution in [1.82, 2.24) is 0 Å². The summed E-state index contributed by atoms with van der Waals surface area (Å²) in [6.45, 7) is 2.07. The van der Waals surface area contributed by atoms with Gasteiger partial charge in [0.2, 0.25) is 0 Å². The number of hydrogen-bond acceptors (Lipinski definition) is 2. The topological polar surface area (TPSA) is 20.2 Å². The van der Waals surface area contributed by atoms with Crippen LogP contribution < -0.4 is 0 Å². The average molecular weight is 154 g/mol. The van der Waals surface area contributed by atoms with Crippen molar-refractivity contribution in [3.05, 3.63) is 28.0 Å². The van der Waals surface area contributed by atoms with Crippen LogP contribution in [0.1, 0.15) is 11.8 Å². The van der Waals surface area contributed by atoms with Crippen LogP contribution in [0, 0.1) is 0 Å². The molecular formula is C8H10OS. The molecule has 1 rings (SSSR count). The highest BCUT2D eigenvalue weighted by molar-refractivity contribution is 7.10. The van der Waals surface area contributed by atoms with Crippen molar-refractivity contribution in [2.24, 2.45) is 0 Å². The molecule has 1 aromatic rings. The van der Waals surface area contributed by atoms with E-state index in [0.29, 0.717) is 0 Å². The molecule has 1 nitrogen and oxygen atoms in total. The van der Waals surface area contributed by atoms with Crippen LogP contribution in [-0.2, 0) is 0 Å². The molecule has 0 aliphatic carbocycles. The molecule has 0 atom stereocenters. The molecule has 1 aromatic heterocycles. The summed E-state index contributed by atoms with van der Waals surface area (Å²) in [5.74, 6) is 0. The van der Waals surface area contributed by atoms with Crippen LogP contribution in [0.5, 0.6) is 0 Å². The van der Waals surface area contributed by atoms with Gasteiger partial charge in [-0.2, -0.15) is 0 Å². The first-order valence-corrected chi connectivity index (χ1v) is 4.02. The first-order valence-electron chi connectivity index (χ1n) is 3.14. The van der Waals surface area contributed by atoms with Gasteiger partial charge < -0.3 is 5.11 Å². The van der Waals surface area contributed by atoms with Crippen molar-refractivity contribution in [2.75, 3.05) is 6.61 Å². The zero-order valence-electron chi connectivity index (χ0n) is 5.87. The monoisotopic (exact) mass is 154 g/mol. The normalized spacial score (nSPS) is 12.0. The van der Waals surface area contributed by atoms with Gasteiger partial charge in [0, 0.05) is 4.88 Å². The van der Waals surface area contributed by atoms with Gasteiger partial charge in [-0.15, -0.1) is 11.3 Å². The first-order chi connectivity index (χ1) is 4.83. The third-order valence-corrected chi connectivity index (χ3v) is 2.00. The Morgan fingerprint density at radius 1 is 1.80 bits per heavy atom. The van der Waals surface area contributed by atoms with E-state index in [4.69, 9.17) is 5.11 Å². The maximum atomic E-state index is 8.67. The maximum Gasteiger partial charge on any atom is 0.0642 e. The largest absolute Gasteiger partial charge is 0.392 e. The number of aliphatic hydroxyl groups excluding tert-OH is 1. The summed E-state index contributed by atoms with van der Waals surface area (Å²) in [7, 11) is 0. The Bertz CT molecular complexity index is 211. The molecule has 0 spiro atoms. The maximum absolute atomic E-state index is 8.67. The van der Waals surface area contributed by atoms with E-state index in [0.717, 1.165) is 5.57 Å². The lowest BCUT2D eigenvalue weighted by Gasteiger charge is -1.90. The fourth-order valence-electron chi connectivity index (χ4n) is 0.662. The molecule has 0 radical (unpaired) electrons. The minimum atomic E-state index is 0.151. The van der Waals surface area contributed by atoms with Gasteiger partial charge in [0.15, 0.2) is 0 Å². The molecule has 0 fully saturated rings. The van der Waals surface area contributed by atoms with E-state index < -0.39 is 0 Å². The third-order valence-electron chi connectivity index (χ3n) is 1.18. The molecule has 0 bridgehead atoms. The average Bonchev–Trinajstić information content (AvgIpc) is 2.40. The predicted octanol–water partition coefficient (Wildman–Crippen LogP) is 2.14. The summed E-state index contributed by atoms with van der Waals surface area (Å²) < 4.78 is 0. The van der Waals surface area contributed by atoms with Crippen molar-refractivity contribution < 1.29 is 5.11 Å². The van der Waals surface area contributed by atoms with Crippen molar-refractivity contribution in [2.45, 2.75) is 6.92 Å². The van der Waals surface area contributed by atoms with Gasteiger partial charge in [0.1, 0.15) is 0 Å². The molecular weight excluding hydrogens is 144 g/mol. The number of rotatable bonds is 2. The zero-order valence-corrected chi connectivity index (χ0v) is 6.69. The van der Waals surface area contributed by atoms with Crippen LogP contribution in [0.15, 0.2) is 23.1 Å². The molecule has 0 amide bonds. The minimum Gasteiger partial charge on any atom is -0.392 e. The van der Waals surface area contributed by atoms with Gasteiger partial charge in [-0.3, -0.25) is 0 Å². The van der Waals surface area contributed by atoms with Gasteiger partial charge in [0.25, 0.3) is 0 Å². The highest BCUT2D eigenvalue weighted by Crippen LogP contribution is 2.12. The van der Waals surface area contributed by atoms with E-state index in [1.54, 1.807) is 11.3 Å². The van der Waals surface area contributed by atoms with Crippen molar-refractivity contribution in [3.8, 4) is 0 Å². The molecule has 0 saturated heterocycles. The number of thiophene rings is 1. The molecule has 54 valence electrons. The second-order valence-electron chi connectivity index (χ2n) is 2.16. The molecule has 0 aliphatic heterocycles. The van der Waals surface area contributed by atoms with Crippen molar-refractivity contribution >= 4 is 17.4 Å². The Balaban J connectivity index is 2.71. The molecule has 0 aliphatic rings. The van der Waals surface area contributed by atoms with E-state index in [-0.39, 0.29) is 6.61 Å². The molecule has 0 saturated carbocycles. The van der Waals surface area contributed by atoms with E-state index in [1.165, 1.54) is 4.88 Å². The molecule has 10 heavy (non-hydrogen) atoms. The Morgan fingerprint density at radius 3 is 3.10 bits per heavy atom. The fourth-order valence-corrected chi connectivity index (χ4v) is 1.40. The van der Waals surface area contributed by atoms with Crippen molar-refractivity contribution in [3.63, 3.8) is 0 Å². The molecule has 0 aromatic carbocycles. The van der Waals surface area contributed by atoms with E-state index in [1.807, 2.05) is 30.5 Å².